The van der Waals surface area contributed by atoms with Gasteiger partial charge in [-0.1, -0.05) is 6.07 Å². The van der Waals surface area contributed by atoms with E-state index in [0.29, 0.717) is 6.61 Å². The third-order valence-corrected chi connectivity index (χ3v) is 4.22. The van der Waals surface area contributed by atoms with E-state index in [2.05, 4.69) is 33.3 Å². The average Bonchev–Trinajstić information content (AvgIpc) is 3.16. The van der Waals surface area contributed by atoms with Crippen molar-refractivity contribution >= 4 is 5.82 Å². The number of ether oxygens (including phenoxy) is 2. The van der Waals surface area contributed by atoms with E-state index in [1.54, 1.807) is 26.0 Å². The quantitative estimate of drug-likeness (QED) is 0.789. The maximum Gasteiger partial charge on any atom is 0.166 e. The lowest BCUT2D eigenvalue weighted by atomic mass is 9.98. The van der Waals surface area contributed by atoms with Crippen molar-refractivity contribution in [2.24, 2.45) is 0 Å². The van der Waals surface area contributed by atoms with Crippen LogP contribution in [0.25, 0.3) is 5.82 Å². The van der Waals surface area contributed by atoms with Crippen molar-refractivity contribution < 1.29 is 9.47 Å². The molecule has 3 aromatic rings. The van der Waals surface area contributed by atoms with Crippen molar-refractivity contribution in [3.05, 3.63) is 54.4 Å². The highest BCUT2D eigenvalue weighted by molar-refractivity contribution is 5.54. The Morgan fingerprint density at radius 1 is 1.28 bits per heavy atom. The molecule has 1 N–H and O–H groups in total. The first kappa shape index (κ1) is 15.4. The molecular weight excluding hydrogens is 318 g/mol. The van der Waals surface area contributed by atoms with E-state index in [0.717, 1.165) is 40.7 Å². The monoisotopic (exact) mass is 337 g/mol. The van der Waals surface area contributed by atoms with Crippen LogP contribution in [-0.2, 0) is 0 Å². The van der Waals surface area contributed by atoms with Gasteiger partial charge in [0.05, 0.1) is 19.8 Å². The lowest BCUT2D eigenvalue weighted by molar-refractivity contribution is 0.257. The lowest BCUT2D eigenvalue weighted by Crippen LogP contribution is -2.21. The zero-order chi connectivity index (χ0) is 17.2. The molecule has 0 fully saturated rings. The van der Waals surface area contributed by atoms with E-state index in [1.165, 1.54) is 0 Å². The summed E-state index contributed by atoms with van der Waals surface area (Å²) in [7, 11) is 1.66. The van der Waals surface area contributed by atoms with Crippen LogP contribution in [0, 0.1) is 6.92 Å². The second-order valence-corrected chi connectivity index (χ2v) is 5.95. The van der Waals surface area contributed by atoms with E-state index in [-0.39, 0.29) is 6.04 Å². The Balaban J connectivity index is 1.65. The van der Waals surface area contributed by atoms with Gasteiger partial charge in [-0.2, -0.15) is 0 Å². The van der Waals surface area contributed by atoms with Gasteiger partial charge in [0.1, 0.15) is 24.3 Å². The smallest absolute Gasteiger partial charge is 0.166 e. The highest BCUT2D eigenvalue weighted by Gasteiger charge is 2.25. The summed E-state index contributed by atoms with van der Waals surface area (Å²) in [5.74, 6) is 3.10. The molecule has 0 aliphatic carbocycles. The van der Waals surface area contributed by atoms with Gasteiger partial charge >= 0.3 is 0 Å². The molecule has 7 heteroatoms. The minimum Gasteiger partial charge on any atom is -0.493 e. The number of nitrogens with zero attached hydrogens (tertiary/aromatic N) is 4. The summed E-state index contributed by atoms with van der Waals surface area (Å²) in [6, 6.07) is 6.13. The average molecular weight is 337 g/mol. The Hall–Kier alpha value is -3.09. The number of anilines is 1. The summed E-state index contributed by atoms with van der Waals surface area (Å²) in [5.41, 5.74) is 2.22. The number of benzene rings is 1. The van der Waals surface area contributed by atoms with Crippen LogP contribution < -0.4 is 14.8 Å². The topological polar surface area (TPSA) is 74.1 Å². The van der Waals surface area contributed by atoms with Gasteiger partial charge in [0.2, 0.25) is 0 Å². The molecule has 1 unspecified atom stereocenters. The van der Waals surface area contributed by atoms with Crippen molar-refractivity contribution in [2.75, 3.05) is 19.0 Å². The van der Waals surface area contributed by atoms with E-state index in [9.17, 15) is 0 Å². The minimum atomic E-state index is 0.100. The number of rotatable bonds is 4. The summed E-state index contributed by atoms with van der Waals surface area (Å²) in [6.07, 6.45) is 7.69. The number of nitrogens with one attached hydrogen (secondary N) is 1. The van der Waals surface area contributed by atoms with Gasteiger partial charge < -0.3 is 14.8 Å². The summed E-state index contributed by atoms with van der Waals surface area (Å²) in [5, 5.41) is 3.50. The Bertz CT molecular complexity index is 879. The van der Waals surface area contributed by atoms with Crippen LogP contribution in [0.3, 0.4) is 0 Å². The molecule has 0 bridgehead atoms. The third kappa shape index (κ3) is 3.00. The maximum absolute atomic E-state index is 5.84. The van der Waals surface area contributed by atoms with Crippen molar-refractivity contribution in [2.45, 2.75) is 19.4 Å². The number of methoxy groups -OCH3 is 1. The summed E-state index contributed by atoms with van der Waals surface area (Å²) < 4.78 is 13.2. The second-order valence-electron chi connectivity index (χ2n) is 5.95. The summed E-state index contributed by atoms with van der Waals surface area (Å²) >= 11 is 0. The molecule has 0 amide bonds. The molecule has 128 valence electrons. The van der Waals surface area contributed by atoms with Crippen LogP contribution in [0.1, 0.15) is 23.6 Å². The third-order valence-electron chi connectivity index (χ3n) is 4.22. The van der Waals surface area contributed by atoms with Crippen LogP contribution in [0.15, 0.2) is 43.2 Å². The van der Waals surface area contributed by atoms with Crippen molar-refractivity contribution in [1.29, 1.82) is 0 Å². The SMILES string of the molecule is COc1cc(C)cc2c1OCCC2Nc1cc(-n2ccnc2)ncn1. The molecule has 25 heavy (non-hydrogen) atoms. The first-order chi connectivity index (χ1) is 12.2. The molecule has 3 heterocycles. The van der Waals surface area contributed by atoms with E-state index in [4.69, 9.17) is 9.47 Å². The lowest BCUT2D eigenvalue weighted by Gasteiger charge is -2.28. The van der Waals surface area contributed by atoms with Gasteiger partial charge in [-0.3, -0.25) is 4.57 Å². The molecular formula is C18H19N5O2. The second kappa shape index (κ2) is 6.43. The normalized spacial score (nSPS) is 16.0. The number of fused-ring (bicyclic) bond motifs is 1. The van der Waals surface area contributed by atoms with Crippen LogP contribution in [0.4, 0.5) is 5.82 Å². The van der Waals surface area contributed by atoms with Gasteiger partial charge in [-0.05, 0) is 18.6 Å². The number of hydrogen-bond acceptors (Lipinski definition) is 6. The largest absolute Gasteiger partial charge is 0.493 e. The van der Waals surface area contributed by atoms with E-state index < -0.39 is 0 Å². The highest BCUT2D eigenvalue weighted by Crippen LogP contribution is 2.41. The Morgan fingerprint density at radius 2 is 2.20 bits per heavy atom. The van der Waals surface area contributed by atoms with E-state index >= 15 is 0 Å². The number of imidazole rings is 1. The van der Waals surface area contributed by atoms with Gasteiger partial charge in [0.15, 0.2) is 11.5 Å². The molecule has 1 aliphatic rings. The van der Waals surface area contributed by atoms with E-state index in [1.807, 2.05) is 22.9 Å². The first-order valence-electron chi connectivity index (χ1n) is 8.13. The Kier molecular flexibility index (Phi) is 3.97. The van der Waals surface area contributed by atoms with Gasteiger partial charge in [0.25, 0.3) is 0 Å². The zero-order valence-corrected chi connectivity index (χ0v) is 14.1. The molecule has 2 aromatic heterocycles. The van der Waals surface area contributed by atoms with Crippen molar-refractivity contribution in [3.63, 3.8) is 0 Å². The van der Waals surface area contributed by atoms with Gasteiger partial charge in [-0.25, -0.2) is 15.0 Å². The predicted octanol–water partition coefficient (Wildman–Crippen LogP) is 2.92. The molecule has 4 rings (SSSR count). The van der Waals surface area contributed by atoms with Crippen LogP contribution >= 0.6 is 0 Å². The summed E-state index contributed by atoms with van der Waals surface area (Å²) in [6.45, 7) is 2.68. The molecule has 7 nitrogen and oxygen atoms in total. The Labute approximate surface area is 145 Å². The van der Waals surface area contributed by atoms with Crippen molar-refractivity contribution in [3.8, 4) is 17.3 Å². The standard InChI is InChI=1S/C18H19N5O2/c1-12-7-13-14(3-6-25-18(13)15(8-12)24-2)22-16-9-17(21-10-20-16)23-5-4-19-11-23/h4-5,7-11,14H,3,6H2,1-2H3,(H,20,21,22). The minimum absolute atomic E-state index is 0.100. The molecule has 1 atom stereocenters. The first-order valence-corrected chi connectivity index (χ1v) is 8.13. The fourth-order valence-corrected chi connectivity index (χ4v) is 3.06. The molecule has 0 spiro atoms. The zero-order valence-electron chi connectivity index (χ0n) is 14.1. The number of aromatic nitrogens is 4. The fraction of sp³-hybridized carbons (Fsp3) is 0.278. The summed E-state index contributed by atoms with van der Waals surface area (Å²) in [4.78, 5) is 12.7. The molecule has 0 saturated carbocycles. The Morgan fingerprint density at radius 3 is 3.00 bits per heavy atom. The maximum atomic E-state index is 5.84. The molecule has 1 aliphatic heterocycles. The fourth-order valence-electron chi connectivity index (χ4n) is 3.06. The van der Waals surface area contributed by atoms with Crippen molar-refractivity contribution in [1.82, 2.24) is 19.5 Å². The molecule has 0 radical (unpaired) electrons. The van der Waals surface area contributed by atoms with Gasteiger partial charge in [-0.15, -0.1) is 0 Å². The van der Waals surface area contributed by atoms with Crippen LogP contribution in [-0.4, -0.2) is 33.2 Å². The number of aryl methyl sites for hydroxylation is 1. The molecule has 0 saturated heterocycles. The van der Waals surface area contributed by atoms with Gasteiger partial charge in [0, 0.05) is 30.4 Å². The predicted molar refractivity (Wildman–Crippen MR) is 93.4 cm³/mol. The van der Waals surface area contributed by atoms with Crippen LogP contribution in [0.5, 0.6) is 11.5 Å². The van der Waals surface area contributed by atoms with Crippen LogP contribution in [0.2, 0.25) is 0 Å². The highest BCUT2D eigenvalue weighted by atomic mass is 16.5. The number of hydrogen-bond donors (Lipinski definition) is 1. The molecule has 1 aromatic carbocycles.